The summed E-state index contributed by atoms with van der Waals surface area (Å²) in [5.41, 5.74) is -0.655. The molecule has 1 atom stereocenters. The van der Waals surface area contributed by atoms with Gasteiger partial charge >= 0.3 is 18.4 Å². The molecule has 4 aromatic rings. The van der Waals surface area contributed by atoms with Crippen LogP contribution in [0.2, 0.25) is 0 Å². The number of aromatic carboxylic acids is 1. The molecule has 2 aliphatic heterocycles. The van der Waals surface area contributed by atoms with Crippen LogP contribution in [-0.4, -0.2) is 58.6 Å². The molecule has 1 aromatic heterocycles. The lowest BCUT2D eigenvalue weighted by Crippen LogP contribution is -2.34. The van der Waals surface area contributed by atoms with Crippen LogP contribution in [0.5, 0.6) is 17.2 Å². The Labute approximate surface area is 251 Å². The van der Waals surface area contributed by atoms with Crippen LogP contribution < -0.4 is 19.1 Å². The van der Waals surface area contributed by atoms with Crippen molar-refractivity contribution in [2.45, 2.75) is 25.1 Å². The molecule has 1 N–H and O–H groups in total. The maximum atomic E-state index is 14.2. The minimum atomic E-state index is -4.80. The predicted molar refractivity (Wildman–Crippen MR) is 147 cm³/mol. The van der Waals surface area contributed by atoms with Gasteiger partial charge in [0.1, 0.15) is 5.75 Å². The molecule has 0 fully saturated rings. The SMILES string of the molecule is CN1Cc2c(C(F)(F)F)nn(-c3cccc(C(=O)N(C)c4ccc5c(c4)OC(F)(F)O5)c3)c2C(Oc2ccc(C(=O)O)cc2)C1. The van der Waals surface area contributed by atoms with Crippen LogP contribution in [0.3, 0.4) is 0 Å². The van der Waals surface area contributed by atoms with Crippen LogP contribution >= 0.6 is 0 Å². The van der Waals surface area contributed by atoms with Gasteiger partial charge in [0.2, 0.25) is 0 Å². The van der Waals surface area contributed by atoms with E-state index in [1.54, 1.807) is 11.9 Å². The lowest BCUT2D eigenvalue weighted by molar-refractivity contribution is -0.286. The first kappa shape index (κ1) is 29.9. The number of amides is 1. The molecule has 45 heavy (non-hydrogen) atoms. The van der Waals surface area contributed by atoms with E-state index in [0.29, 0.717) is 0 Å². The van der Waals surface area contributed by atoms with Gasteiger partial charge < -0.3 is 24.2 Å². The molecular weight excluding hydrogens is 607 g/mol. The van der Waals surface area contributed by atoms with Crippen LogP contribution in [0.25, 0.3) is 5.69 Å². The van der Waals surface area contributed by atoms with E-state index in [4.69, 9.17) is 4.74 Å². The Hall–Kier alpha value is -5.18. The number of hydrogen-bond donors (Lipinski definition) is 1. The highest BCUT2D eigenvalue weighted by atomic mass is 19.4. The van der Waals surface area contributed by atoms with Gasteiger partial charge in [-0.15, -0.1) is 8.78 Å². The number of carboxylic acid groups (broad SMARTS) is 1. The second-order valence-electron chi connectivity index (χ2n) is 10.5. The molecule has 6 rings (SSSR count). The number of rotatable bonds is 6. The smallest absolute Gasteiger partial charge is 0.483 e. The quantitative estimate of drug-likeness (QED) is 0.269. The standard InChI is InChI=1S/C30H23F5N4O6/c1-37-14-21-25(24(15-37)43-20-9-6-16(7-10-20)28(41)42)39(36-26(21)29(31,32)33)19-5-3-4-17(12-19)27(40)38(2)18-8-11-22-23(13-18)45-30(34,35)44-22/h3-13,24H,14-15H2,1-2H3,(H,41,42). The van der Waals surface area contributed by atoms with E-state index in [9.17, 15) is 36.6 Å². The van der Waals surface area contributed by atoms with E-state index in [-0.39, 0.29) is 64.1 Å². The number of carbonyl (C=O) groups excluding carboxylic acids is 1. The summed E-state index contributed by atoms with van der Waals surface area (Å²) in [5.74, 6) is -1.96. The molecule has 2 aliphatic rings. The van der Waals surface area contributed by atoms with Crippen LogP contribution in [-0.2, 0) is 12.7 Å². The number of alkyl halides is 5. The number of benzene rings is 3. The Morgan fingerprint density at radius 1 is 1.02 bits per heavy atom. The van der Waals surface area contributed by atoms with Crippen LogP contribution in [0, 0.1) is 0 Å². The second kappa shape index (κ2) is 10.8. The molecule has 15 heteroatoms. The zero-order valence-corrected chi connectivity index (χ0v) is 23.5. The molecule has 1 unspecified atom stereocenters. The Balaban J connectivity index is 1.36. The molecule has 0 bridgehead atoms. The number of fused-ring (bicyclic) bond motifs is 2. The first-order valence-electron chi connectivity index (χ1n) is 13.4. The highest BCUT2D eigenvalue weighted by Gasteiger charge is 2.44. The predicted octanol–water partition coefficient (Wildman–Crippen LogP) is 5.75. The third-order valence-electron chi connectivity index (χ3n) is 7.30. The van der Waals surface area contributed by atoms with Crippen molar-refractivity contribution in [3.05, 3.63) is 94.8 Å². The maximum Gasteiger partial charge on any atom is 0.586 e. The minimum absolute atomic E-state index is 0.0123. The highest BCUT2D eigenvalue weighted by Crippen LogP contribution is 2.43. The van der Waals surface area contributed by atoms with Crippen molar-refractivity contribution < 1.29 is 50.9 Å². The van der Waals surface area contributed by atoms with E-state index in [1.807, 2.05) is 0 Å². The lowest BCUT2D eigenvalue weighted by Gasteiger charge is -2.31. The number of aromatic nitrogens is 2. The number of halogens is 5. The number of nitrogens with zero attached hydrogens (tertiary/aromatic N) is 4. The highest BCUT2D eigenvalue weighted by molar-refractivity contribution is 6.06. The molecule has 0 spiro atoms. The molecule has 0 saturated heterocycles. The van der Waals surface area contributed by atoms with Crippen molar-refractivity contribution >= 4 is 17.6 Å². The van der Waals surface area contributed by atoms with Gasteiger partial charge in [-0.05, 0) is 61.6 Å². The Morgan fingerprint density at radius 2 is 1.73 bits per heavy atom. The second-order valence-corrected chi connectivity index (χ2v) is 10.5. The number of hydrogen-bond acceptors (Lipinski definition) is 7. The zero-order chi connectivity index (χ0) is 32.3. The maximum absolute atomic E-state index is 14.2. The fourth-order valence-corrected chi connectivity index (χ4v) is 5.24. The van der Waals surface area contributed by atoms with E-state index in [0.717, 1.165) is 4.68 Å². The van der Waals surface area contributed by atoms with Crippen LogP contribution in [0.4, 0.5) is 27.6 Å². The van der Waals surface area contributed by atoms with Crippen molar-refractivity contribution in [3.8, 4) is 22.9 Å². The molecule has 1 amide bonds. The lowest BCUT2D eigenvalue weighted by atomic mass is 10.0. The van der Waals surface area contributed by atoms with E-state index in [1.165, 1.54) is 78.7 Å². The van der Waals surface area contributed by atoms with Gasteiger partial charge in [0.15, 0.2) is 23.3 Å². The molecule has 0 radical (unpaired) electrons. The zero-order valence-electron chi connectivity index (χ0n) is 23.5. The van der Waals surface area contributed by atoms with Crippen molar-refractivity contribution in [3.63, 3.8) is 0 Å². The van der Waals surface area contributed by atoms with Gasteiger partial charge in [-0.1, -0.05) is 6.07 Å². The number of anilines is 1. The summed E-state index contributed by atoms with van der Waals surface area (Å²) in [6, 6.07) is 15.1. The van der Waals surface area contributed by atoms with Gasteiger partial charge in [-0.25, -0.2) is 9.48 Å². The van der Waals surface area contributed by atoms with Gasteiger partial charge in [-0.2, -0.15) is 18.3 Å². The fourth-order valence-electron chi connectivity index (χ4n) is 5.24. The van der Waals surface area contributed by atoms with Gasteiger partial charge in [-0.3, -0.25) is 9.69 Å². The number of ether oxygens (including phenoxy) is 3. The third-order valence-corrected chi connectivity index (χ3v) is 7.30. The molecule has 0 aliphatic carbocycles. The Bertz CT molecular complexity index is 1810. The van der Waals surface area contributed by atoms with Gasteiger partial charge in [0.05, 0.1) is 16.9 Å². The summed E-state index contributed by atoms with van der Waals surface area (Å²) >= 11 is 0. The first-order chi connectivity index (χ1) is 21.2. The van der Waals surface area contributed by atoms with Crippen molar-refractivity contribution in [1.82, 2.24) is 14.7 Å². The fraction of sp³-hybridized carbons (Fsp3) is 0.233. The van der Waals surface area contributed by atoms with Gasteiger partial charge in [0.25, 0.3) is 5.91 Å². The summed E-state index contributed by atoms with van der Waals surface area (Å²) in [4.78, 5) is 27.5. The van der Waals surface area contributed by atoms with E-state index >= 15 is 0 Å². The largest absolute Gasteiger partial charge is 0.586 e. The summed E-state index contributed by atoms with van der Waals surface area (Å²) in [6.45, 7) is 0.105. The first-order valence-corrected chi connectivity index (χ1v) is 13.4. The van der Waals surface area contributed by atoms with E-state index in [2.05, 4.69) is 14.6 Å². The monoisotopic (exact) mass is 630 g/mol. The van der Waals surface area contributed by atoms with Crippen LogP contribution in [0.1, 0.15) is 43.8 Å². The average Bonchev–Trinajstić information content (AvgIpc) is 3.52. The van der Waals surface area contributed by atoms with Crippen LogP contribution in [0.15, 0.2) is 66.7 Å². The third kappa shape index (κ3) is 5.73. The molecule has 3 heterocycles. The van der Waals surface area contributed by atoms with Crippen molar-refractivity contribution in [1.29, 1.82) is 0 Å². The number of carboxylic acids is 1. The van der Waals surface area contributed by atoms with Crippen molar-refractivity contribution in [2.75, 3.05) is 25.5 Å². The summed E-state index contributed by atoms with van der Waals surface area (Å²) < 4.78 is 85.7. The normalized spacial score (nSPS) is 17.1. The Morgan fingerprint density at radius 3 is 2.42 bits per heavy atom. The average molecular weight is 631 g/mol. The molecule has 234 valence electrons. The summed E-state index contributed by atoms with van der Waals surface area (Å²) in [5, 5.41) is 13.1. The molecule has 10 nitrogen and oxygen atoms in total. The Kier molecular flexibility index (Phi) is 7.15. The number of carbonyl (C=O) groups is 2. The summed E-state index contributed by atoms with van der Waals surface area (Å²) in [7, 11) is 3.04. The topological polar surface area (TPSA) is 106 Å². The molecule has 3 aromatic carbocycles. The van der Waals surface area contributed by atoms with E-state index < -0.39 is 36.1 Å². The van der Waals surface area contributed by atoms with Gasteiger partial charge in [0, 0.05) is 43.0 Å². The summed E-state index contributed by atoms with van der Waals surface area (Å²) in [6.07, 6.45) is -9.59. The molecular formula is C30H23F5N4O6. The van der Waals surface area contributed by atoms with Crippen molar-refractivity contribution in [2.24, 2.45) is 0 Å². The number of likely N-dealkylation sites (N-methyl/N-ethyl adjacent to an activating group) is 1. The molecule has 0 saturated carbocycles. The minimum Gasteiger partial charge on any atom is -0.483 e.